The number of hydrogen-bond acceptors (Lipinski definition) is 5. The number of anilines is 1. The van der Waals surface area contributed by atoms with Crippen LogP contribution >= 0.6 is 11.6 Å². The average Bonchev–Trinajstić information content (AvgIpc) is 3.60. The molecule has 192 valence electrons. The molecule has 1 spiro atoms. The van der Waals surface area contributed by atoms with Crippen molar-refractivity contribution < 1.29 is 37.3 Å². The summed E-state index contributed by atoms with van der Waals surface area (Å²) in [4.78, 5) is 27.3. The molecule has 3 fully saturated rings. The van der Waals surface area contributed by atoms with Crippen LogP contribution in [0.1, 0.15) is 53.1 Å². The number of carboxylic acid groups (broad SMARTS) is 1. The predicted molar refractivity (Wildman–Crippen MR) is 125 cm³/mol. The fourth-order valence-electron chi connectivity index (χ4n) is 4.93. The van der Waals surface area contributed by atoms with Gasteiger partial charge >= 0.3 is 18.4 Å². The third-order valence-electron chi connectivity index (χ3n) is 6.94. The van der Waals surface area contributed by atoms with E-state index in [0.29, 0.717) is 50.3 Å². The number of likely N-dealkylation sites (tertiary alicyclic amines) is 1. The van der Waals surface area contributed by atoms with Crippen LogP contribution in [0.3, 0.4) is 0 Å². The van der Waals surface area contributed by atoms with Crippen LogP contribution < -0.4 is 9.64 Å². The molecule has 0 aromatic heterocycles. The van der Waals surface area contributed by atoms with E-state index >= 15 is 0 Å². The zero-order chi connectivity index (χ0) is 25.7. The summed E-state index contributed by atoms with van der Waals surface area (Å²) in [7, 11) is 0. The first-order valence-electron chi connectivity index (χ1n) is 11.7. The van der Waals surface area contributed by atoms with Gasteiger partial charge in [-0.1, -0.05) is 17.7 Å². The quantitative estimate of drug-likeness (QED) is 0.514. The molecule has 0 unspecified atom stereocenters. The minimum absolute atomic E-state index is 0.0258. The second-order valence-corrected chi connectivity index (χ2v) is 9.99. The van der Waals surface area contributed by atoms with Gasteiger partial charge in [-0.15, -0.1) is 13.2 Å². The standard InChI is InChI=1S/C25H24ClF3N2O5/c26-20-12-15(11-19(16-1-2-16)21(20)35-25(27,28)29)13-30-9-7-24(8-10-30)14-31(23(34)36-24)18-5-3-17(4-6-18)22(32)33/h3-6,11-12,16H,1-2,7-10,13-14H2,(H,32,33). The van der Waals surface area contributed by atoms with Crippen molar-refractivity contribution in [3.63, 3.8) is 0 Å². The van der Waals surface area contributed by atoms with Gasteiger partial charge in [0.2, 0.25) is 0 Å². The van der Waals surface area contributed by atoms with E-state index < -0.39 is 24.0 Å². The number of piperidine rings is 1. The number of amides is 1. The van der Waals surface area contributed by atoms with Crippen LogP contribution in [0.2, 0.25) is 5.02 Å². The number of carbonyl (C=O) groups is 2. The molecule has 1 N–H and O–H groups in total. The van der Waals surface area contributed by atoms with E-state index in [4.69, 9.17) is 21.4 Å². The average molecular weight is 525 g/mol. The molecule has 2 saturated heterocycles. The van der Waals surface area contributed by atoms with Crippen molar-refractivity contribution in [3.05, 3.63) is 58.1 Å². The molecule has 2 aliphatic heterocycles. The van der Waals surface area contributed by atoms with Gasteiger partial charge in [0.15, 0.2) is 5.75 Å². The molecule has 1 amide bonds. The Kier molecular flexibility index (Phi) is 6.28. The van der Waals surface area contributed by atoms with Crippen molar-refractivity contribution in [3.8, 4) is 5.75 Å². The zero-order valence-electron chi connectivity index (χ0n) is 19.2. The van der Waals surface area contributed by atoms with Crippen LogP contribution in [-0.4, -0.2) is 53.7 Å². The highest BCUT2D eigenvalue weighted by atomic mass is 35.5. The predicted octanol–water partition coefficient (Wildman–Crippen LogP) is 5.81. The van der Waals surface area contributed by atoms with Crippen molar-refractivity contribution >= 4 is 29.4 Å². The Morgan fingerprint density at radius 2 is 1.83 bits per heavy atom. The van der Waals surface area contributed by atoms with Gasteiger partial charge in [0.25, 0.3) is 0 Å². The number of carboxylic acids is 1. The van der Waals surface area contributed by atoms with Crippen LogP contribution in [-0.2, 0) is 11.3 Å². The highest BCUT2D eigenvalue weighted by molar-refractivity contribution is 6.32. The highest BCUT2D eigenvalue weighted by Crippen LogP contribution is 2.48. The maximum atomic E-state index is 12.9. The monoisotopic (exact) mass is 524 g/mol. The van der Waals surface area contributed by atoms with Crippen LogP contribution in [0.25, 0.3) is 0 Å². The molecule has 1 aliphatic carbocycles. The first-order valence-corrected chi connectivity index (χ1v) is 12.0. The fourth-order valence-corrected chi connectivity index (χ4v) is 5.22. The van der Waals surface area contributed by atoms with Crippen LogP contribution in [0.4, 0.5) is 23.7 Å². The van der Waals surface area contributed by atoms with E-state index in [2.05, 4.69) is 9.64 Å². The second kappa shape index (κ2) is 9.15. The molecule has 7 nitrogen and oxygen atoms in total. The smallest absolute Gasteiger partial charge is 0.478 e. The Bertz CT molecular complexity index is 1180. The molecule has 0 atom stereocenters. The highest BCUT2D eigenvalue weighted by Gasteiger charge is 2.47. The van der Waals surface area contributed by atoms with Gasteiger partial charge in [0.1, 0.15) is 5.60 Å². The molecular weight excluding hydrogens is 501 g/mol. The normalized spacial score (nSPS) is 20.0. The number of rotatable bonds is 6. The number of hydrogen-bond donors (Lipinski definition) is 1. The fraction of sp³-hybridized carbons (Fsp3) is 0.440. The summed E-state index contributed by atoms with van der Waals surface area (Å²) in [5.41, 5.74) is 1.39. The van der Waals surface area contributed by atoms with E-state index in [-0.39, 0.29) is 22.3 Å². The molecule has 5 rings (SSSR count). The minimum Gasteiger partial charge on any atom is -0.478 e. The Morgan fingerprint density at radius 1 is 1.17 bits per heavy atom. The van der Waals surface area contributed by atoms with Gasteiger partial charge in [-0.25, -0.2) is 9.59 Å². The van der Waals surface area contributed by atoms with E-state index in [1.165, 1.54) is 23.1 Å². The van der Waals surface area contributed by atoms with E-state index in [1.807, 2.05) is 0 Å². The lowest BCUT2D eigenvalue weighted by Crippen LogP contribution is -2.46. The summed E-state index contributed by atoms with van der Waals surface area (Å²) in [6, 6.07) is 9.36. The number of alkyl halides is 3. The third kappa shape index (κ3) is 5.24. The second-order valence-electron chi connectivity index (χ2n) is 9.58. The lowest BCUT2D eigenvalue weighted by molar-refractivity contribution is -0.274. The summed E-state index contributed by atoms with van der Waals surface area (Å²) in [6.07, 6.45) is -2.46. The number of aromatic carboxylic acids is 1. The maximum absolute atomic E-state index is 12.9. The number of nitrogens with zero attached hydrogens (tertiary/aromatic N) is 2. The Balaban J connectivity index is 1.23. The van der Waals surface area contributed by atoms with Gasteiger partial charge in [0, 0.05) is 38.2 Å². The largest absolute Gasteiger partial charge is 0.573 e. The van der Waals surface area contributed by atoms with Crippen molar-refractivity contribution in [1.82, 2.24) is 4.90 Å². The van der Waals surface area contributed by atoms with Gasteiger partial charge in [0.05, 0.1) is 17.1 Å². The van der Waals surface area contributed by atoms with Crippen molar-refractivity contribution in [1.29, 1.82) is 0 Å². The third-order valence-corrected chi connectivity index (χ3v) is 7.22. The molecule has 2 aromatic rings. The van der Waals surface area contributed by atoms with Gasteiger partial charge in [-0.2, -0.15) is 0 Å². The number of halogens is 4. The number of ether oxygens (including phenoxy) is 2. The molecule has 2 heterocycles. The first kappa shape index (κ1) is 24.7. The van der Waals surface area contributed by atoms with Crippen LogP contribution in [0, 0.1) is 0 Å². The molecule has 1 saturated carbocycles. The minimum atomic E-state index is -4.80. The molecule has 36 heavy (non-hydrogen) atoms. The summed E-state index contributed by atoms with van der Waals surface area (Å²) in [5, 5.41) is 9.03. The SMILES string of the molecule is O=C(O)c1ccc(N2CC3(CCN(Cc4cc(Cl)c(OC(F)(F)F)c(C5CC5)c4)CC3)OC2=O)cc1. The van der Waals surface area contributed by atoms with E-state index in [1.54, 1.807) is 18.2 Å². The summed E-state index contributed by atoms with van der Waals surface area (Å²) in [6.45, 7) is 2.15. The van der Waals surface area contributed by atoms with Gasteiger partial charge in [-0.3, -0.25) is 9.80 Å². The van der Waals surface area contributed by atoms with E-state index in [9.17, 15) is 22.8 Å². The van der Waals surface area contributed by atoms with Crippen molar-refractivity contribution in [2.75, 3.05) is 24.5 Å². The van der Waals surface area contributed by atoms with E-state index in [0.717, 1.165) is 18.4 Å². The molecule has 2 aromatic carbocycles. The summed E-state index contributed by atoms with van der Waals surface area (Å²) < 4.78 is 48.6. The molecule has 11 heteroatoms. The zero-order valence-corrected chi connectivity index (χ0v) is 19.9. The number of carbonyl (C=O) groups excluding carboxylic acids is 1. The Morgan fingerprint density at radius 3 is 2.42 bits per heavy atom. The van der Waals surface area contributed by atoms with Gasteiger partial charge in [-0.05, 0) is 60.2 Å². The molecule has 0 bridgehead atoms. The lowest BCUT2D eigenvalue weighted by atomic mass is 9.91. The van der Waals surface area contributed by atoms with Gasteiger partial charge < -0.3 is 14.6 Å². The summed E-state index contributed by atoms with van der Waals surface area (Å²) >= 11 is 6.21. The van der Waals surface area contributed by atoms with Crippen LogP contribution in [0.5, 0.6) is 5.75 Å². The first-order chi connectivity index (χ1) is 17.0. The molecule has 0 radical (unpaired) electrons. The number of benzene rings is 2. The maximum Gasteiger partial charge on any atom is 0.573 e. The van der Waals surface area contributed by atoms with Crippen LogP contribution in [0.15, 0.2) is 36.4 Å². The topological polar surface area (TPSA) is 79.3 Å². The molecule has 3 aliphatic rings. The lowest BCUT2D eigenvalue weighted by Gasteiger charge is -2.37. The Labute approximate surface area is 210 Å². The van der Waals surface area contributed by atoms with Crippen molar-refractivity contribution in [2.45, 2.75) is 50.1 Å². The molecular formula is C25H24ClF3N2O5. The van der Waals surface area contributed by atoms with Crippen molar-refractivity contribution in [2.24, 2.45) is 0 Å². The Hall–Kier alpha value is -2.98. The summed E-state index contributed by atoms with van der Waals surface area (Å²) in [5.74, 6) is -1.32.